The van der Waals surface area contributed by atoms with Gasteiger partial charge in [0.1, 0.15) is 0 Å². The predicted molar refractivity (Wildman–Crippen MR) is 155 cm³/mol. The summed E-state index contributed by atoms with van der Waals surface area (Å²) in [7, 11) is -4.09. The number of carbonyl (C=O) groups excluding carboxylic acids is 3. The van der Waals surface area contributed by atoms with Gasteiger partial charge in [0.05, 0.1) is 17.4 Å². The van der Waals surface area contributed by atoms with Gasteiger partial charge in [-0.25, -0.2) is 13.1 Å². The highest BCUT2D eigenvalue weighted by atomic mass is 35.5. The Hall–Kier alpha value is -3.05. The zero-order valence-corrected chi connectivity index (χ0v) is 24.1. The molecule has 0 fully saturated rings. The van der Waals surface area contributed by atoms with Crippen LogP contribution in [0.25, 0.3) is 11.1 Å². The van der Waals surface area contributed by atoms with Gasteiger partial charge in [0.15, 0.2) is 0 Å². The number of halogens is 2. The van der Waals surface area contributed by atoms with Crippen molar-refractivity contribution in [2.75, 3.05) is 12.3 Å². The number of thiol groups is 1. The third-order valence-corrected chi connectivity index (χ3v) is 8.13. The molecule has 0 spiro atoms. The van der Waals surface area contributed by atoms with E-state index in [9.17, 15) is 22.8 Å². The van der Waals surface area contributed by atoms with Crippen LogP contribution in [-0.4, -0.2) is 38.4 Å². The molecule has 0 saturated carbocycles. The Kier molecular flexibility index (Phi) is 10.8. The summed E-state index contributed by atoms with van der Waals surface area (Å²) in [4.78, 5) is 36.2. The number of nitrogens with one attached hydrogen (secondary N) is 3. The molecule has 3 amide bonds. The molecule has 0 aliphatic rings. The third-order valence-electron chi connectivity index (χ3n) is 5.65. The maximum absolute atomic E-state index is 12.6. The van der Waals surface area contributed by atoms with Crippen LogP contribution in [0.3, 0.4) is 0 Å². The van der Waals surface area contributed by atoms with Crippen LogP contribution in [0.2, 0.25) is 10.0 Å². The first-order chi connectivity index (χ1) is 18.5. The van der Waals surface area contributed by atoms with Crippen molar-refractivity contribution in [2.24, 2.45) is 5.92 Å². The molecule has 0 aliphatic heterocycles. The van der Waals surface area contributed by atoms with Gasteiger partial charge < -0.3 is 10.6 Å². The normalized spacial score (nSPS) is 11.9. The van der Waals surface area contributed by atoms with Crippen molar-refractivity contribution in [3.8, 4) is 11.1 Å². The minimum absolute atomic E-state index is 0.0891. The Morgan fingerprint density at radius 2 is 1.64 bits per heavy atom. The van der Waals surface area contributed by atoms with Gasteiger partial charge in [0, 0.05) is 40.4 Å². The van der Waals surface area contributed by atoms with E-state index in [1.54, 1.807) is 48.5 Å². The largest absolute Gasteiger partial charge is 0.350 e. The number of hydrogen-bond acceptors (Lipinski definition) is 6. The number of amides is 3. The summed E-state index contributed by atoms with van der Waals surface area (Å²) in [5.41, 5.74) is 2.34. The number of benzene rings is 3. The molecule has 206 valence electrons. The molecule has 3 N–H and O–H groups in total. The quantitative estimate of drug-likeness (QED) is 0.245. The zero-order chi connectivity index (χ0) is 28.6. The van der Waals surface area contributed by atoms with Gasteiger partial charge in [-0.3, -0.25) is 14.4 Å². The number of hydrogen-bond donors (Lipinski definition) is 4. The van der Waals surface area contributed by atoms with Crippen molar-refractivity contribution in [3.63, 3.8) is 0 Å². The lowest BCUT2D eigenvalue weighted by molar-refractivity contribution is -0.128. The number of rotatable bonds is 11. The van der Waals surface area contributed by atoms with E-state index in [2.05, 4.69) is 23.3 Å². The number of carbonyl (C=O) groups is 3. The topological polar surface area (TPSA) is 121 Å². The van der Waals surface area contributed by atoms with Crippen LogP contribution in [0.15, 0.2) is 71.6 Å². The summed E-state index contributed by atoms with van der Waals surface area (Å²) in [6.45, 7) is 1.04. The molecule has 0 aromatic heterocycles. The highest BCUT2D eigenvalue weighted by Gasteiger charge is 2.22. The molecular weight excluding hydrogens is 581 g/mol. The molecule has 12 heteroatoms. The fourth-order valence-electron chi connectivity index (χ4n) is 3.82. The van der Waals surface area contributed by atoms with Gasteiger partial charge >= 0.3 is 0 Å². The average molecular weight is 609 g/mol. The maximum atomic E-state index is 12.6. The van der Waals surface area contributed by atoms with Crippen molar-refractivity contribution < 1.29 is 22.8 Å². The Labute approximate surface area is 242 Å². The van der Waals surface area contributed by atoms with Gasteiger partial charge in [-0.15, -0.1) is 0 Å². The molecule has 39 heavy (non-hydrogen) atoms. The van der Waals surface area contributed by atoms with E-state index in [-0.39, 0.29) is 28.9 Å². The second-order valence-corrected chi connectivity index (χ2v) is 11.5. The predicted octanol–water partition coefficient (Wildman–Crippen LogP) is 4.01. The molecule has 0 radical (unpaired) electrons. The van der Waals surface area contributed by atoms with E-state index in [1.165, 1.54) is 6.07 Å². The molecule has 1 atom stereocenters. The summed E-state index contributed by atoms with van der Waals surface area (Å²) >= 11 is 16.7. The standard InChI is InChI=1S/C27H27Cl2N3O5S2/c1-17(33)32-39(36,37)25-8-3-2-7-23(25)22-10-9-19(13-24(22)29)14-30-26(34)15-31-27(35)20(16-38)11-18-5-4-6-21(28)12-18/h2-10,12-13,20,38H,11,14-16H2,1H3,(H,30,34)(H,31,35)(H,32,33)/t20-/m1/s1. The van der Waals surface area contributed by atoms with E-state index in [0.717, 1.165) is 12.5 Å². The monoisotopic (exact) mass is 607 g/mol. The van der Waals surface area contributed by atoms with E-state index < -0.39 is 27.8 Å². The van der Waals surface area contributed by atoms with Gasteiger partial charge in [-0.05, 0) is 41.8 Å². The highest BCUT2D eigenvalue weighted by Crippen LogP contribution is 2.33. The average Bonchev–Trinajstić information content (AvgIpc) is 2.88. The van der Waals surface area contributed by atoms with E-state index >= 15 is 0 Å². The molecule has 0 unspecified atom stereocenters. The van der Waals surface area contributed by atoms with Crippen LogP contribution >= 0.6 is 35.8 Å². The first-order valence-corrected chi connectivity index (χ1v) is 14.7. The van der Waals surface area contributed by atoms with E-state index in [1.807, 2.05) is 16.9 Å². The Balaban J connectivity index is 1.60. The van der Waals surface area contributed by atoms with E-state index in [4.69, 9.17) is 23.2 Å². The van der Waals surface area contributed by atoms with Crippen molar-refractivity contribution in [2.45, 2.75) is 24.8 Å². The van der Waals surface area contributed by atoms with Crippen molar-refractivity contribution >= 4 is 63.6 Å². The van der Waals surface area contributed by atoms with Gasteiger partial charge in [-0.1, -0.05) is 65.7 Å². The minimum Gasteiger partial charge on any atom is -0.350 e. The second-order valence-electron chi connectivity index (χ2n) is 8.68. The lowest BCUT2D eigenvalue weighted by Crippen LogP contribution is -2.40. The summed E-state index contributed by atoms with van der Waals surface area (Å²) in [6, 6.07) is 18.3. The Morgan fingerprint density at radius 1 is 0.897 bits per heavy atom. The summed E-state index contributed by atoms with van der Waals surface area (Å²) in [5, 5.41) is 6.20. The lowest BCUT2D eigenvalue weighted by atomic mass is 10.0. The maximum Gasteiger partial charge on any atom is 0.264 e. The Morgan fingerprint density at radius 3 is 2.31 bits per heavy atom. The SMILES string of the molecule is CC(=O)NS(=O)(=O)c1ccccc1-c1ccc(CNC(=O)CNC(=O)[C@@H](CS)Cc2cccc(Cl)c2)cc1Cl. The summed E-state index contributed by atoms with van der Waals surface area (Å²) < 4.78 is 27.2. The van der Waals surface area contributed by atoms with Crippen molar-refractivity contribution in [1.29, 1.82) is 0 Å². The van der Waals surface area contributed by atoms with Crippen LogP contribution in [0.4, 0.5) is 0 Å². The van der Waals surface area contributed by atoms with Crippen molar-refractivity contribution in [1.82, 2.24) is 15.4 Å². The Bertz CT molecular complexity index is 1480. The fraction of sp³-hybridized carbons (Fsp3) is 0.222. The van der Waals surface area contributed by atoms with Gasteiger partial charge in [0.2, 0.25) is 17.7 Å². The van der Waals surface area contributed by atoms with Crippen LogP contribution in [0.1, 0.15) is 18.1 Å². The van der Waals surface area contributed by atoms with Gasteiger partial charge in [0.25, 0.3) is 10.0 Å². The van der Waals surface area contributed by atoms with Crippen LogP contribution in [0, 0.1) is 5.92 Å². The third kappa shape index (κ3) is 8.72. The highest BCUT2D eigenvalue weighted by molar-refractivity contribution is 7.90. The molecule has 0 saturated heterocycles. The first-order valence-electron chi connectivity index (χ1n) is 11.8. The van der Waals surface area contributed by atoms with Crippen LogP contribution < -0.4 is 15.4 Å². The molecular formula is C27H27Cl2N3O5S2. The summed E-state index contributed by atoms with van der Waals surface area (Å²) in [6.07, 6.45) is 0.442. The van der Waals surface area contributed by atoms with E-state index in [0.29, 0.717) is 33.9 Å². The smallest absolute Gasteiger partial charge is 0.264 e. The molecule has 3 aromatic carbocycles. The second kappa shape index (κ2) is 13.8. The molecule has 0 bridgehead atoms. The van der Waals surface area contributed by atoms with Crippen molar-refractivity contribution in [3.05, 3.63) is 87.9 Å². The number of sulfonamides is 1. The first kappa shape index (κ1) is 30.5. The minimum atomic E-state index is -4.09. The van der Waals surface area contributed by atoms with Gasteiger partial charge in [-0.2, -0.15) is 12.6 Å². The zero-order valence-electron chi connectivity index (χ0n) is 20.9. The lowest BCUT2D eigenvalue weighted by Gasteiger charge is -2.15. The molecule has 3 aromatic rings. The molecule has 3 rings (SSSR count). The molecule has 8 nitrogen and oxygen atoms in total. The molecule has 0 aliphatic carbocycles. The van der Waals surface area contributed by atoms with Crippen LogP contribution in [-0.2, 0) is 37.4 Å². The molecule has 0 heterocycles. The fourth-order valence-corrected chi connectivity index (χ4v) is 5.84. The van der Waals surface area contributed by atoms with Crippen LogP contribution in [0.5, 0.6) is 0 Å². The summed E-state index contributed by atoms with van der Waals surface area (Å²) in [5.74, 6) is -1.51.